The molecule has 1 fully saturated rings. The summed E-state index contributed by atoms with van der Waals surface area (Å²) in [5.41, 5.74) is -0.992. The number of carboxylic acids is 1. The highest BCUT2D eigenvalue weighted by molar-refractivity contribution is 5.86. The van der Waals surface area contributed by atoms with E-state index in [1.54, 1.807) is 4.90 Å². The average molecular weight is 255 g/mol. The van der Waals surface area contributed by atoms with Crippen molar-refractivity contribution >= 4 is 11.9 Å². The summed E-state index contributed by atoms with van der Waals surface area (Å²) >= 11 is 0. The minimum Gasteiger partial charge on any atom is -0.479 e. The summed E-state index contributed by atoms with van der Waals surface area (Å²) in [6.07, 6.45) is 3.12. The van der Waals surface area contributed by atoms with Crippen molar-refractivity contribution in [3.8, 4) is 0 Å². The lowest BCUT2D eigenvalue weighted by atomic mass is 9.68. The monoisotopic (exact) mass is 255 g/mol. The Morgan fingerprint density at radius 2 is 2.00 bits per heavy atom. The van der Waals surface area contributed by atoms with Crippen LogP contribution in [0, 0.1) is 11.8 Å². The minimum atomic E-state index is -0.992. The van der Waals surface area contributed by atoms with Gasteiger partial charge >= 0.3 is 5.97 Å². The second-order valence-corrected chi connectivity index (χ2v) is 5.68. The van der Waals surface area contributed by atoms with Crippen LogP contribution in [0.5, 0.6) is 0 Å². The van der Waals surface area contributed by atoms with Crippen molar-refractivity contribution in [2.75, 3.05) is 6.54 Å². The van der Waals surface area contributed by atoms with Crippen LogP contribution in [0.4, 0.5) is 0 Å². The molecule has 0 aromatic rings. The Morgan fingerprint density at radius 1 is 1.39 bits per heavy atom. The van der Waals surface area contributed by atoms with Crippen LogP contribution >= 0.6 is 0 Å². The number of carboxylic acid groups (broad SMARTS) is 1. The number of hydrogen-bond donors (Lipinski definition) is 1. The summed E-state index contributed by atoms with van der Waals surface area (Å²) in [5, 5.41) is 9.70. The van der Waals surface area contributed by atoms with Crippen molar-refractivity contribution in [3.63, 3.8) is 0 Å². The minimum absolute atomic E-state index is 0.00852. The lowest BCUT2D eigenvalue weighted by Crippen LogP contribution is -2.62. The molecule has 0 aliphatic heterocycles. The standard InChI is InChI=1S/C14H25NO3/c1-5-8-15(12(4)16)14(13(17)18)7-6-10(2)9-11(14)3/h10-11H,5-9H2,1-4H3,(H,17,18). The number of amides is 1. The summed E-state index contributed by atoms with van der Waals surface area (Å²) in [4.78, 5) is 25.2. The molecule has 3 unspecified atom stereocenters. The van der Waals surface area contributed by atoms with Crippen molar-refractivity contribution in [3.05, 3.63) is 0 Å². The molecule has 0 saturated heterocycles. The molecule has 0 aromatic heterocycles. The molecule has 1 rings (SSSR count). The molecule has 1 aliphatic rings. The fourth-order valence-electron chi connectivity index (χ4n) is 3.32. The lowest BCUT2D eigenvalue weighted by molar-refractivity contribution is -0.166. The molecule has 1 N–H and O–H groups in total. The fraction of sp³-hybridized carbons (Fsp3) is 0.857. The summed E-state index contributed by atoms with van der Waals surface area (Å²) in [5.74, 6) is -0.414. The van der Waals surface area contributed by atoms with Gasteiger partial charge in [-0.2, -0.15) is 0 Å². The zero-order valence-electron chi connectivity index (χ0n) is 11.9. The topological polar surface area (TPSA) is 57.6 Å². The summed E-state index contributed by atoms with van der Waals surface area (Å²) < 4.78 is 0. The molecular formula is C14H25NO3. The Bertz CT molecular complexity index is 329. The van der Waals surface area contributed by atoms with Crippen LogP contribution in [0.1, 0.15) is 53.4 Å². The smallest absolute Gasteiger partial charge is 0.329 e. The van der Waals surface area contributed by atoms with Crippen LogP contribution in [0.25, 0.3) is 0 Å². The maximum absolute atomic E-state index is 11.8. The first-order chi connectivity index (χ1) is 8.36. The van der Waals surface area contributed by atoms with Crippen molar-refractivity contribution in [2.24, 2.45) is 11.8 Å². The maximum Gasteiger partial charge on any atom is 0.329 e. The highest BCUT2D eigenvalue weighted by atomic mass is 16.4. The quantitative estimate of drug-likeness (QED) is 0.839. The van der Waals surface area contributed by atoms with Crippen molar-refractivity contribution in [1.82, 2.24) is 4.90 Å². The molecule has 0 aromatic carbocycles. The summed E-state index contributed by atoms with van der Waals surface area (Å²) in [7, 11) is 0. The van der Waals surface area contributed by atoms with E-state index < -0.39 is 11.5 Å². The normalized spacial score (nSPS) is 32.0. The van der Waals surface area contributed by atoms with Gasteiger partial charge in [-0.3, -0.25) is 4.79 Å². The van der Waals surface area contributed by atoms with Gasteiger partial charge in [0.05, 0.1) is 0 Å². The first-order valence-corrected chi connectivity index (χ1v) is 6.87. The van der Waals surface area contributed by atoms with Gasteiger partial charge in [-0.15, -0.1) is 0 Å². The number of hydrogen-bond acceptors (Lipinski definition) is 2. The van der Waals surface area contributed by atoms with E-state index in [4.69, 9.17) is 0 Å². The number of carbonyl (C=O) groups is 2. The van der Waals surface area contributed by atoms with Gasteiger partial charge in [0.25, 0.3) is 0 Å². The maximum atomic E-state index is 11.8. The Morgan fingerprint density at radius 3 is 2.39 bits per heavy atom. The van der Waals surface area contributed by atoms with Gasteiger partial charge < -0.3 is 10.0 Å². The van der Waals surface area contributed by atoms with E-state index >= 15 is 0 Å². The Hall–Kier alpha value is -1.06. The van der Waals surface area contributed by atoms with E-state index in [9.17, 15) is 14.7 Å². The number of rotatable bonds is 4. The molecular weight excluding hydrogens is 230 g/mol. The van der Waals surface area contributed by atoms with E-state index in [-0.39, 0.29) is 11.8 Å². The van der Waals surface area contributed by atoms with Gasteiger partial charge in [-0.1, -0.05) is 20.8 Å². The molecule has 1 saturated carbocycles. The second kappa shape index (κ2) is 5.72. The van der Waals surface area contributed by atoms with Gasteiger partial charge in [0, 0.05) is 13.5 Å². The van der Waals surface area contributed by atoms with Crippen LogP contribution in [0.3, 0.4) is 0 Å². The zero-order valence-corrected chi connectivity index (χ0v) is 11.9. The highest BCUT2D eigenvalue weighted by Crippen LogP contribution is 2.41. The molecule has 0 spiro atoms. The van der Waals surface area contributed by atoms with Crippen LogP contribution in [-0.4, -0.2) is 34.0 Å². The van der Waals surface area contributed by atoms with Gasteiger partial charge in [0.1, 0.15) is 5.54 Å². The van der Waals surface area contributed by atoms with Gasteiger partial charge in [-0.25, -0.2) is 4.79 Å². The highest BCUT2D eigenvalue weighted by Gasteiger charge is 2.51. The molecule has 0 heterocycles. The SMILES string of the molecule is CCCN(C(C)=O)C1(C(=O)O)CCC(C)CC1C. The van der Waals surface area contributed by atoms with E-state index in [1.165, 1.54) is 6.92 Å². The van der Waals surface area contributed by atoms with Crippen LogP contribution in [0.15, 0.2) is 0 Å². The van der Waals surface area contributed by atoms with Gasteiger partial charge in [0.2, 0.25) is 5.91 Å². The molecule has 18 heavy (non-hydrogen) atoms. The predicted molar refractivity (Wildman–Crippen MR) is 70.2 cm³/mol. The fourth-order valence-corrected chi connectivity index (χ4v) is 3.32. The van der Waals surface area contributed by atoms with Crippen LogP contribution in [0.2, 0.25) is 0 Å². The van der Waals surface area contributed by atoms with Crippen molar-refractivity contribution in [1.29, 1.82) is 0 Å². The lowest BCUT2D eigenvalue weighted by Gasteiger charge is -2.48. The Kier molecular flexibility index (Phi) is 4.77. The van der Waals surface area contributed by atoms with E-state index in [2.05, 4.69) is 6.92 Å². The second-order valence-electron chi connectivity index (χ2n) is 5.68. The van der Waals surface area contributed by atoms with Crippen LogP contribution < -0.4 is 0 Å². The number of aliphatic carboxylic acids is 1. The molecule has 104 valence electrons. The Balaban J connectivity index is 3.12. The third-order valence-corrected chi connectivity index (χ3v) is 4.27. The van der Waals surface area contributed by atoms with Crippen molar-refractivity contribution < 1.29 is 14.7 Å². The van der Waals surface area contributed by atoms with Crippen LogP contribution in [-0.2, 0) is 9.59 Å². The van der Waals surface area contributed by atoms with Crippen molar-refractivity contribution in [2.45, 2.75) is 58.9 Å². The third kappa shape index (κ3) is 2.52. The zero-order chi connectivity index (χ0) is 13.9. The van der Waals surface area contributed by atoms with Gasteiger partial charge in [0.15, 0.2) is 0 Å². The van der Waals surface area contributed by atoms with E-state index in [0.717, 1.165) is 19.3 Å². The predicted octanol–water partition coefficient (Wildman–Crippen LogP) is 2.52. The molecule has 0 bridgehead atoms. The third-order valence-electron chi connectivity index (χ3n) is 4.27. The summed E-state index contributed by atoms with van der Waals surface area (Å²) in [6, 6.07) is 0. The molecule has 4 heteroatoms. The molecule has 1 amide bonds. The molecule has 3 atom stereocenters. The largest absolute Gasteiger partial charge is 0.479 e. The number of nitrogens with zero attached hydrogens (tertiary/aromatic N) is 1. The first kappa shape index (κ1) is 15.0. The summed E-state index contributed by atoms with van der Waals surface area (Å²) in [6.45, 7) is 8.10. The molecule has 0 radical (unpaired) electrons. The van der Waals surface area contributed by atoms with E-state index in [1.807, 2.05) is 13.8 Å². The average Bonchev–Trinajstić information content (AvgIpc) is 2.26. The van der Waals surface area contributed by atoms with E-state index in [0.29, 0.717) is 18.9 Å². The van der Waals surface area contributed by atoms with Gasteiger partial charge in [-0.05, 0) is 37.5 Å². The molecule has 1 aliphatic carbocycles. The number of carbonyl (C=O) groups excluding carboxylic acids is 1. The Labute approximate surface area is 109 Å². The first-order valence-electron chi connectivity index (χ1n) is 6.87. The molecule has 4 nitrogen and oxygen atoms in total.